The second kappa shape index (κ2) is 6.83. The van der Waals surface area contributed by atoms with Gasteiger partial charge in [0, 0.05) is 0 Å². The fourth-order valence-corrected chi connectivity index (χ4v) is 1.96. The van der Waals surface area contributed by atoms with Gasteiger partial charge in [-0.3, -0.25) is 4.79 Å². The molecule has 0 saturated heterocycles. The van der Waals surface area contributed by atoms with E-state index in [0.29, 0.717) is 23.7 Å². The Bertz CT molecular complexity index is 464. The maximum atomic E-state index is 11.0. The maximum Gasteiger partial charge on any atom is 0.203 e. The zero-order chi connectivity index (χ0) is 14.4. The summed E-state index contributed by atoms with van der Waals surface area (Å²) >= 11 is 0. The molecule has 104 valence electrons. The Hall–Kier alpha value is -1.97. The minimum absolute atomic E-state index is 0.0462. The molecule has 19 heavy (non-hydrogen) atoms. The average molecular weight is 264 g/mol. The molecule has 0 radical (unpaired) electrons. The Labute approximate surface area is 114 Å². The zero-order valence-electron chi connectivity index (χ0n) is 12.1. The van der Waals surface area contributed by atoms with E-state index in [4.69, 9.17) is 14.2 Å². The molecule has 4 nitrogen and oxygen atoms in total. The third kappa shape index (κ3) is 4.02. The van der Waals surface area contributed by atoms with Gasteiger partial charge in [0.25, 0.3) is 0 Å². The van der Waals surface area contributed by atoms with Crippen LogP contribution in [0.2, 0.25) is 0 Å². The Kier molecular flexibility index (Phi) is 5.42. The van der Waals surface area contributed by atoms with Crippen LogP contribution >= 0.6 is 0 Å². The van der Waals surface area contributed by atoms with Gasteiger partial charge in [0.05, 0.1) is 21.3 Å². The van der Waals surface area contributed by atoms with Crippen molar-refractivity contribution in [2.45, 2.75) is 20.3 Å². The SMILES string of the molecule is COc1cc(C/C(C)=C\C(C)=O)cc(OC)c1OC. The third-order valence-corrected chi connectivity index (χ3v) is 2.66. The number of ether oxygens (including phenoxy) is 3. The minimum Gasteiger partial charge on any atom is -0.493 e. The van der Waals surface area contributed by atoms with E-state index in [9.17, 15) is 4.79 Å². The van der Waals surface area contributed by atoms with Crippen LogP contribution in [-0.2, 0) is 11.2 Å². The summed E-state index contributed by atoms with van der Waals surface area (Å²) in [6.45, 7) is 3.46. The molecule has 1 aromatic rings. The highest BCUT2D eigenvalue weighted by molar-refractivity contribution is 5.87. The standard InChI is InChI=1S/C15H20O4/c1-10(6-11(2)16)7-12-8-13(17-3)15(19-5)14(9-12)18-4/h6,8-9H,7H2,1-5H3/b10-6-. The van der Waals surface area contributed by atoms with Gasteiger partial charge in [-0.15, -0.1) is 0 Å². The van der Waals surface area contributed by atoms with Crippen molar-refractivity contribution in [3.05, 3.63) is 29.3 Å². The van der Waals surface area contributed by atoms with Gasteiger partial charge < -0.3 is 14.2 Å². The largest absolute Gasteiger partial charge is 0.493 e. The Morgan fingerprint density at radius 1 is 1.05 bits per heavy atom. The first-order valence-corrected chi connectivity index (χ1v) is 5.98. The van der Waals surface area contributed by atoms with E-state index >= 15 is 0 Å². The molecule has 0 aliphatic carbocycles. The van der Waals surface area contributed by atoms with Crippen molar-refractivity contribution in [1.29, 1.82) is 0 Å². The number of benzene rings is 1. The molecule has 0 atom stereocenters. The van der Waals surface area contributed by atoms with E-state index < -0.39 is 0 Å². The molecule has 0 saturated carbocycles. The molecule has 0 N–H and O–H groups in total. The number of allylic oxidation sites excluding steroid dienone is 2. The summed E-state index contributed by atoms with van der Waals surface area (Å²) in [7, 11) is 4.74. The molecule has 0 fully saturated rings. The molecule has 0 spiro atoms. The van der Waals surface area contributed by atoms with Crippen molar-refractivity contribution in [2.75, 3.05) is 21.3 Å². The van der Waals surface area contributed by atoms with Crippen molar-refractivity contribution in [2.24, 2.45) is 0 Å². The Balaban J connectivity index is 3.13. The second-order valence-corrected chi connectivity index (χ2v) is 4.31. The van der Waals surface area contributed by atoms with Crippen LogP contribution in [0, 0.1) is 0 Å². The van der Waals surface area contributed by atoms with E-state index in [1.807, 2.05) is 19.1 Å². The van der Waals surface area contributed by atoms with E-state index in [2.05, 4.69) is 0 Å². The van der Waals surface area contributed by atoms with Crippen molar-refractivity contribution < 1.29 is 19.0 Å². The topological polar surface area (TPSA) is 44.8 Å². The van der Waals surface area contributed by atoms with E-state index in [-0.39, 0.29) is 5.78 Å². The summed E-state index contributed by atoms with van der Waals surface area (Å²) in [5.74, 6) is 1.85. The van der Waals surface area contributed by atoms with Crippen LogP contribution in [0.25, 0.3) is 0 Å². The highest BCUT2D eigenvalue weighted by atomic mass is 16.5. The van der Waals surface area contributed by atoms with Crippen molar-refractivity contribution in [3.8, 4) is 17.2 Å². The zero-order valence-corrected chi connectivity index (χ0v) is 12.1. The van der Waals surface area contributed by atoms with Crippen molar-refractivity contribution in [1.82, 2.24) is 0 Å². The van der Waals surface area contributed by atoms with Crippen LogP contribution in [0.3, 0.4) is 0 Å². The predicted molar refractivity (Wildman–Crippen MR) is 74.2 cm³/mol. The van der Waals surface area contributed by atoms with Gasteiger partial charge in [-0.1, -0.05) is 5.57 Å². The summed E-state index contributed by atoms with van der Waals surface area (Å²) in [4.78, 5) is 11.0. The lowest BCUT2D eigenvalue weighted by atomic mass is 10.0. The van der Waals surface area contributed by atoms with Gasteiger partial charge in [-0.05, 0) is 44.0 Å². The van der Waals surface area contributed by atoms with Gasteiger partial charge in [-0.2, -0.15) is 0 Å². The number of carbonyl (C=O) groups excluding carboxylic acids is 1. The second-order valence-electron chi connectivity index (χ2n) is 4.31. The lowest BCUT2D eigenvalue weighted by Crippen LogP contribution is -1.98. The summed E-state index contributed by atoms with van der Waals surface area (Å²) in [5, 5.41) is 0. The molecule has 0 heterocycles. The predicted octanol–water partition coefficient (Wildman–Crippen LogP) is 2.79. The van der Waals surface area contributed by atoms with Gasteiger partial charge in [0.2, 0.25) is 5.75 Å². The van der Waals surface area contributed by atoms with Gasteiger partial charge >= 0.3 is 0 Å². The molecule has 0 bridgehead atoms. The number of rotatable bonds is 6. The number of carbonyl (C=O) groups is 1. The van der Waals surface area contributed by atoms with Crippen LogP contribution in [0.15, 0.2) is 23.8 Å². The van der Waals surface area contributed by atoms with Gasteiger partial charge in [-0.25, -0.2) is 0 Å². The lowest BCUT2D eigenvalue weighted by molar-refractivity contribution is -0.112. The highest BCUT2D eigenvalue weighted by Crippen LogP contribution is 2.38. The van der Waals surface area contributed by atoms with E-state index in [0.717, 1.165) is 11.1 Å². The first kappa shape index (κ1) is 15.1. The maximum absolute atomic E-state index is 11.0. The third-order valence-electron chi connectivity index (χ3n) is 2.66. The summed E-state index contributed by atoms with van der Waals surface area (Å²) in [6, 6.07) is 3.78. The number of hydrogen-bond acceptors (Lipinski definition) is 4. The molecule has 0 aromatic heterocycles. The van der Waals surface area contributed by atoms with E-state index in [1.165, 1.54) is 0 Å². The fraction of sp³-hybridized carbons (Fsp3) is 0.400. The Morgan fingerprint density at radius 2 is 1.58 bits per heavy atom. The summed E-state index contributed by atoms with van der Waals surface area (Å²) in [6.07, 6.45) is 2.29. The van der Waals surface area contributed by atoms with Gasteiger partial charge in [0.15, 0.2) is 17.3 Å². The molecule has 0 aliphatic heterocycles. The quantitative estimate of drug-likeness (QED) is 0.741. The van der Waals surface area contributed by atoms with Gasteiger partial charge in [0.1, 0.15) is 0 Å². The number of hydrogen-bond donors (Lipinski definition) is 0. The first-order chi connectivity index (χ1) is 9.01. The summed E-state index contributed by atoms with van der Waals surface area (Å²) < 4.78 is 15.8. The molecular formula is C15H20O4. The molecule has 1 rings (SSSR count). The smallest absolute Gasteiger partial charge is 0.203 e. The average Bonchev–Trinajstić information content (AvgIpc) is 2.36. The molecule has 4 heteroatoms. The molecule has 1 aromatic carbocycles. The fourth-order valence-electron chi connectivity index (χ4n) is 1.96. The van der Waals surface area contributed by atoms with Crippen LogP contribution in [0.1, 0.15) is 19.4 Å². The first-order valence-electron chi connectivity index (χ1n) is 5.98. The molecule has 0 unspecified atom stereocenters. The van der Waals surface area contributed by atoms with Crippen LogP contribution in [-0.4, -0.2) is 27.1 Å². The van der Waals surface area contributed by atoms with Crippen molar-refractivity contribution in [3.63, 3.8) is 0 Å². The minimum atomic E-state index is 0.0462. The number of methoxy groups -OCH3 is 3. The molecular weight excluding hydrogens is 244 g/mol. The molecule has 0 amide bonds. The number of ketones is 1. The normalized spacial score (nSPS) is 11.1. The van der Waals surface area contributed by atoms with Crippen LogP contribution in [0.4, 0.5) is 0 Å². The lowest BCUT2D eigenvalue weighted by Gasteiger charge is -2.14. The van der Waals surface area contributed by atoms with E-state index in [1.54, 1.807) is 34.3 Å². The summed E-state index contributed by atoms with van der Waals surface area (Å²) in [5.41, 5.74) is 1.99. The van der Waals surface area contributed by atoms with Crippen LogP contribution in [0.5, 0.6) is 17.2 Å². The van der Waals surface area contributed by atoms with Crippen molar-refractivity contribution >= 4 is 5.78 Å². The Morgan fingerprint density at radius 3 is 1.95 bits per heavy atom. The molecule has 0 aliphatic rings. The highest BCUT2D eigenvalue weighted by Gasteiger charge is 2.13. The monoisotopic (exact) mass is 264 g/mol. The van der Waals surface area contributed by atoms with Crippen LogP contribution < -0.4 is 14.2 Å².